The van der Waals surface area contributed by atoms with E-state index in [2.05, 4.69) is 0 Å². The van der Waals surface area contributed by atoms with Gasteiger partial charge in [-0.05, 0) is 12.1 Å². The van der Waals surface area contributed by atoms with Crippen molar-refractivity contribution in [2.24, 2.45) is 5.73 Å². The quantitative estimate of drug-likeness (QED) is 0.867. The van der Waals surface area contributed by atoms with Crippen molar-refractivity contribution in [3.63, 3.8) is 0 Å². The molecule has 5 nitrogen and oxygen atoms in total. The van der Waals surface area contributed by atoms with Crippen molar-refractivity contribution in [2.75, 3.05) is 27.0 Å². The largest absolute Gasteiger partial charge is 0.492 e. The van der Waals surface area contributed by atoms with Crippen LogP contribution in [-0.2, 0) is 9.84 Å². The highest BCUT2D eigenvalue weighted by atomic mass is 32.2. The Hall–Kier alpha value is -1.53. The Morgan fingerprint density at radius 1 is 1.22 bits per heavy atom. The molecule has 0 spiro atoms. The first-order valence-corrected chi connectivity index (χ1v) is 7.16. The Kier molecular flexibility index (Phi) is 4.75. The SMILES string of the molecule is COc1c(/C=C/CN)ccc(S(C)(=O)=O)c1OC. The van der Waals surface area contributed by atoms with E-state index in [0.29, 0.717) is 17.9 Å². The average Bonchev–Trinajstić information content (AvgIpc) is 2.33. The number of hydrogen-bond donors (Lipinski definition) is 1. The number of methoxy groups -OCH3 is 2. The number of rotatable bonds is 5. The fraction of sp³-hybridized carbons (Fsp3) is 0.333. The molecule has 0 aliphatic carbocycles. The lowest BCUT2D eigenvalue weighted by Gasteiger charge is -2.14. The van der Waals surface area contributed by atoms with Crippen LogP contribution in [0.1, 0.15) is 5.56 Å². The van der Waals surface area contributed by atoms with Gasteiger partial charge >= 0.3 is 0 Å². The number of ether oxygens (including phenoxy) is 2. The molecule has 0 aliphatic heterocycles. The van der Waals surface area contributed by atoms with E-state index in [0.717, 1.165) is 6.26 Å². The van der Waals surface area contributed by atoms with Crippen LogP contribution < -0.4 is 15.2 Å². The molecule has 18 heavy (non-hydrogen) atoms. The van der Waals surface area contributed by atoms with Gasteiger partial charge in [-0.15, -0.1) is 0 Å². The normalized spacial score (nSPS) is 11.8. The van der Waals surface area contributed by atoms with E-state index >= 15 is 0 Å². The second kappa shape index (κ2) is 5.88. The molecule has 0 radical (unpaired) electrons. The third-order valence-corrected chi connectivity index (χ3v) is 3.47. The predicted molar refractivity (Wildman–Crippen MR) is 70.7 cm³/mol. The minimum absolute atomic E-state index is 0.103. The number of hydrogen-bond acceptors (Lipinski definition) is 5. The summed E-state index contributed by atoms with van der Waals surface area (Å²) in [6.45, 7) is 0.388. The lowest BCUT2D eigenvalue weighted by atomic mass is 10.1. The second-order valence-electron chi connectivity index (χ2n) is 3.63. The summed E-state index contributed by atoms with van der Waals surface area (Å²) in [5, 5.41) is 0. The molecule has 1 aromatic rings. The van der Waals surface area contributed by atoms with E-state index in [4.69, 9.17) is 15.2 Å². The van der Waals surface area contributed by atoms with Crippen molar-refractivity contribution in [1.29, 1.82) is 0 Å². The molecule has 1 rings (SSSR count). The number of benzene rings is 1. The van der Waals surface area contributed by atoms with Crippen LogP contribution in [-0.4, -0.2) is 35.4 Å². The van der Waals surface area contributed by atoms with Crippen molar-refractivity contribution >= 4 is 15.9 Å². The zero-order valence-electron chi connectivity index (χ0n) is 10.6. The third kappa shape index (κ3) is 3.02. The standard InChI is InChI=1S/C12H17NO4S/c1-16-11-9(5-4-8-13)6-7-10(12(11)17-2)18(3,14)15/h4-7H,8,13H2,1-3H3/b5-4+. The van der Waals surface area contributed by atoms with Gasteiger partial charge in [-0.2, -0.15) is 0 Å². The molecule has 6 heteroatoms. The maximum absolute atomic E-state index is 11.6. The van der Waals surface area contributed by atoms with E-state index in [9.17, 15) is 8.42 Å². The van der Waals surface area contributed by atoms with Gasteiger partial charge in [-0.1, -0.05) is 12.2 Å². The van der Waals surface area contributed by atoms with Crippen LogP contribution in [0.25, 0.3) is 6.08 Å². The third-order valence-electron chi connectivity index (χ3n) is 2.35. The molecule has 0 heterocycles. The fourth-order valence-corrected chi connectivity index (χ4v) is 2.41. The van der Waals surface area contributed by atoms with Crippen LogP contribution in [0.2, 0.25) is 0 Å². The van der Waals surface area contributed by atoms with Crippen LogP contribution in [0.3, 0.4) is 0 Å². The first-order valence-electron chi connectivity index (χ1n) is 5.27. The summed E-state index contributed by atoms with van der Waals surface area (Å²) in [7, 11) is -0.502. The lowest BCUT2D eigenvalue weighted by molar-refractivity contribution is 0.346. The molecule has 0 atom stereocenters. The van der Waals surface area contributed by atoms with Gasteiger partial charge in [0.05, 0.1) is 14.2 Å². The molecular weight excluding hydrogens is 254 g/mol. The maximum Gasteiger partial charge on any atom is 0.180 e. The van der Waals surface area contributed by atoms with Crippen LogP contribution in [0.4, 0.5) is 0 Å². The summed E-state index contributed by atoms with van der Waals surface area (Å²) in [5.74, 6) is 0.587. The molecule has 2 N–H and O–H groups in total. The Bertz CT molecular complexity index is 549. The first-order chi connectivity index (χ1) is 8.45. The maximum atomic E-state index is 11.6. The number of nitrogens with two attached hydrogens (primary N) is 1. The Labute approximate surface area is 107 Å². The summed E-state index contributed by atoms with van der Waals surface area (Å²) >= 11 is 0. The van der Waals surface area contributed by atoms with Crippen LogP contribution in [0.5, 0.6) is 11.5 Å². The molecule has 0 fully saturated rings. The van der Waals surface area contributed by atoms with Crippen LogP contribution >= 0.6 is 0 Å². The molecule has 1 aromatic carbocycles. The summed E-state index contributed by atoms with van der Waals surface area (Å²) in [4.78, 5) is 0.103. The van der Waals surface area contributed by atoms with E-state index in [-0.39, 0.29) is 10.6 Å². The van der Waals surface area contributed by atoms with Crippen LogP contribution in [0.15, 0.2) is 23.1 Å². The van der Waals surface area contributed by atoms with Crippen LogP contribution in [0, 0.1) is 0 Å². The molecule has 0 unspecified atom stereocenters. The highest BCUT2D eigenvalue weighted by Gasteiger charge is 2.20. The van der Waals surface area contributed by atoms with Gasteiger partial charge in [0.15, 0.2) is 21.3 Å². The molecule has 0 saturated carbocycles. The molecule has 0 amide bonds. The summed E-state index contributed by atoms with van der Waals surface area (Å²) in [6.07, 6.45) is 4.63. The Morgan fingerprint density at radius 2 is 1.83 bits per heavy atom. The highest BCUT2D eigenvalue weighted by Crippen LogP contribution is 2.37. The van der Waals surface area contributed by atoms with E-state index < -0.39 is 9.84 Å². The number of sulfone groups is 1. The zero-order valence-corrected chi connectivity index (χ0v) is 11.5. The minimum Gasteiger partial charge on any atom is -0.492 e. The molecule has 100 valence electrons. The van der Waals surface area contributed by atoms with Gasteiger partial charge in [0.25, 0.3) is 0 Å². The summed E-state index contributed by atoms with van der Waals surface area (Å²) in [5.41, 5.74) is 6.10. The van der Waals surface area contributed by atoms with Crippen molar-refractivity contribution in [2.45, 2.75) is 4.90 Å². The molecular formula is C12H17NO4S. The molecule has 0 bridgehead atoms. The first kappa shape index (κ1) is 14.5. The zero-order chi connectivity index (χ0) is 13.8. The Morgan fingerprint density at radius 3 is 2.28 bits per heavy atom. The van der Waals surface area contributed by atoms with Crippen molar-refractivity contribution in [1.82, 2.24) is 0 Å². The molecule has 0 saturated heterocycles. The van der Waals surface area contributed by atoms with E-state index in [1.807, 2.05) is 0 Å². The minimum atomic E-state index is -3.37. The van der Waals surface area contributed by atoms with Gasteiger partial charge < -0.3 is 15.2 Å². The van der Waals surface area contributed by atoms with Gasteiger partial charge in [-0.25, -0.2) is 8.42 Å². The van der Waals surface area contributed by atoms with Crippen molar-refractivity contribution in [3.05, 3.63) is 23.8 Å². The summed E-state index contributed by atoms with van der Waals surface area (Å²) in [6, 6.07) is 3.15. The lowest BCUT2D eigenvalue weighted by Crippen LogP contribution is -2.03. The predicted octanol–water partition coefficient (Wildman–Crippen LogP) is 1.08. The van der Waals surface area contributed by atoms with Crippen molar-refractivity contribution in [3.8, 4) is 11.5 Å². The second-order valence-corrected chi connectivity index (χ2v) is 5.61. The van der Waals surface area contributed by atoms with Crippen molar-refractivity contribution < 1.29 is 17.9 Å². The highest BCUT2D eigenvalue weighted by molar-refractivity contribution is 7.90. The van der Waals surface area contributed by atoms with Gasteiger partial charge in [0.1, 0.15) is 4.90 Å². The average molecular weight is 271 g/mol. The molecule has 0 aliphatic rings. The molecule has 0 aromatic heterocycles. The van der Waals surface area contributed by atoms with E-state index in [1.165, 1.54) is 20.3 Å². The van der Waals surface area contributed by atoms with Gasteiger partial charge in [0.2, 0.25) is 0 Å². The van der Waals surface area contributed by atoms with Gasteiger partial charge in [-0.3, -0.25) is 0 Å². The Balaban J connectivity index is 3.51. The fourth-order valence-electron chi connectivity index (χ4n) is 1.58. The van der Waals surface area contributed by atoms with E-state index in [1.54, 1.807) is 18.2 Å². The topological polar surface area (TPSA) is 78.6 Å². The smallest absolute Gasteiger partial charge is 0.180 e. The summed E-state index contributed by atoms with van der Waals surface area (Å²) < 4.78 is 33.6. The monoisotopic (exact) mass is 271 g/mol. The van der Waals surface area contributed by atoms with Gasteiger partial charge in [0, 0.05) is 18.4 Å².